The maximum absolute atomic E-state index is 11.3. The summed E-state index contributed by atoms with van der Waals surface area (Å²) in [6, 6.07) is 0. The first-order valence-corrected chi connectivity index (χ1v) is 8.43. The number of amides is 2. The van der Waals surface area contributed by atoms with Crippen molar-refractivity contribution in [3.05, 3.63) is 0 Å². The Hall–Kier alpha value is -0.480. The fourth-order valence-corrected chi connectivity index (χ4v) is 1.96. The van der Waals surface area contributed by atoms with Crippen LogP contribution in [0.3, 0.4) is 0 Å². The maximum Gasteiger partial charge on any atom is 0.220 e. The smallest absolute Gasteiger partial charge is 0.220 e. The van der Waals surface area contributed by atoms with Gasteiger partial charge in [-0.15, -0.1) is 23.2 Å². The number of hydrogen-bond acceptors (Lipinski definition) is 2. The number of halogens is 2. The van der Waals surface area contributed by atoms with Gasteiger partial charge >= 0.3 is 0 Å². The molecule has 0 saturated carbocycles. The lowest BCUT2D eigenvalue weighted by Gasteiger charge is -2.06. The summed E-state index contributed by atoms with van der Waals surface area (Å²) in [5.74, 6) is 1.23. The van der Waals surface area contributed by atoms with Gasteiger partial charge in [0.2, 0.25) is 11.8 Å². The van der Waals surface area contributed by atoms with E-state index in [1.54, 1.807) is 0 Å². The molecule has 0 rings (SSSR count). The number of alkyl halides is 2. The molecule has 0 saturated heterocycles. The molecule has 0 bridgehead atoms. The van der Waals surface area contributed by atoms with Gasteiger partial charge in [0.05, 0.1) is 0 Å². The van der Waals surface area contributed by atoms with Crippen LogP contribution in [0.2, 0.25) is 0 Å². The largest absolute Gasteiger partial charge is 0.356 e. The molecule has 2 amide bonds. The third kappa shape index (κ3) is 13.9. The predicted octanol–water partition coefficient (Wildman–Crippen LogP) is 2.82. The van der Waals surface area contributed by atoms with E-state index in [2.05, 4.69) is 10.6 Å². The van der Waals surface area contributed by atoms with Crippen LogP contribution >= 0.6 is 23.2 Å². The number of rotatable bonds is 13. The second-order valence-corrected chi connectivity index (χ2v) is 5.46. The monoisotopic (exact) mass is 324 g/mol. The van der Waals surface area contributed by atoms with Crippen molar-refractivity contribution in [2.24, 2.45) is 0 Å². The van der Waals surface area contributed by atoms with E-state index in [0.29, 0.717) is 24.6 Å². The van der Waals surface area contributed by atoms with Gasteiger partial charge in [0, 0.05) is 37.7 Å². The topological polar surface area (TPSA) is 58.2 Å². The maximum atomic E-state index is 11.3. The third-order valence-corrected chi connectivity index (χ3v) is 3.36. The van der Waals surface area contributed by atoms with Crippen molar-refractivity contribution in [3.63, 3.8) is 0 Å². The average molecular weight is 325 g/mol. The summed E-state index contributed by atoms with van der Waals surface area (Å²) in [5, 5.41) is 5.74. The lowest BCUT2D eigenvalue weighted by atomic mass is 10.2. The molecule has 4 nitrogen and oxygen atoms in total. The highest BCUT2D eigenvalue weighted by Gasteiger charge is 2.00. The molecule has 0 aliphatic heterocycles. The molecular formula is C14H26Cl2N2O2. The van der Waals surface area contributed by atoms with Gasteiger partial charge in [-0.2, -0.15) is 0 Å². The van der Waals surface area contributed by atoms with Crippen molar-refractivity contribution in [2.75, 3.05) is 24.8 Å². The predicted molar refractivity (Wildman–Crippen MR) is 84.4 cm³/mol. The SMILES string of the molecule is O=C(CCCCl)NCCCCCCNC(=O)CCCCl. The number of unbranched alkanes of at least 4 members (excludes halogenated alkanes) is 3. The van der Waals surface area contributed by atoms with Crippen LogP contribution in [0.25, 0.3) is 0 Å². The fraction of sp³-hybridized carbons (Fsp3) is 0.857. The number of hydrogen-bond donors (Lipinski definition) is 2. The highest BCUT2D eigenvalue weighted by molar-refractivity contribution is 6.18. The third-order valence-electron chi connectivity index (χ3n) is 2.82. The second-order valence-electron chi connectivity index (χ2n) is 4.70. The lowest BCUT2D eigenvalue weighted by Crippen LogP contribution is -2.25. The molecule has 0 aromatic heterocycles. The zero-order valence-corrected chi connectivity index (χ0v) is 13.6. The van der Waals surface area contributed by atoms with Crippen LogP contribution in [0.5, 0.6) is 0 Å². The minimum absolute atomic E-state index is 0.0807. The lowest BCUT2D eigenvalue weighted by molar-refractivity contribution is -0.122. The molecule has 0 heterocycles. The molecule has 118 valence electrons. The van der Waals surface area contributed by atoms with Gasteiger partial charge in [-0.05, 0) is 25.7 Å². The molecule has 0 atom stereocenters. The van der Waals surface area contributed by atoms with Crippen molar-refractivity contribution in [3.8, 4) is 0 Å². The summed E-state index contributed by atoms with van der Waals surface area (Å²) in [5.41, 5.74) is 0. The molecule has 0 radical (unpaired) electrons. The molecule has 0 aromatic rings. The van der Waals surface area contributed by atoms with E-state index in [0.717, 1.165) is 51.6 Å². The van der Waals surface area contributed by atoms with Crippen LogP contribution in [0.15, 0.2) is 0 Å². The van der Waals surface area contributed by atoms with Crippen molar-refractivity contribution >= 4 is 35.0 Å². The summed E-state index contributed by atoms with van der Waals surface area (Å²) in [4.78, 5) is 22.5. The van der Waals surface area contributed by atoms with Crippen molar-refractivity contribution in [2.45, 2.75) is 51.4 Å². The van der Waals surface area contributed by atoms with Gasteiger partial charge in [0.25, 0.3) is 0 Å². The van der Waals surface area contributed by atoms with Gasteiger partial charge in [0.1, 0.15) is 0 Å². The van der Waals surface area contributed by atoms with E-state index in [1.807, 2.05) is 0 Å². The molecule has 0 aliphatic rings. The van der Waals surface area contributed by atoms with E-state index >= 15 is 0 Å². The van der Waals surface area contributed by atoms with Crippen LogP contribution < -0.4 is 10.6 Å². The summed E-state index contributed by atoms with van der Waals surface area (Å²) in [6.45, 7) is 1.45. The van der Waals surface area contributed by atoms with Gasteiger partial charge in [-0.3, -0.25) is 9.59 Å². The first-order chi connectivity index (χ1) is 9.70. The molecule has 6 heteroatoms. The Morgan fingerprint density at radius 1 is 0.650 bits per heavy atom. The van der Waals surface area contributed by atoms with E-state index in [1.165, 1.54) is 0 Å². The fourth-order valence-electron chi connectivity index (χ4n) is 1.69. The van der Waals surface area contributed by atoms with Crippen molar-refractivity contribution in [1.29, 1.82) is 0 Å². The highest BCUT2D eigenvalue weighted by Crippen LogP contribution is 1.99. The molecule has 2 N–H and O–H groups in total. The molecule has 0 aromatic carbocycles. The van der Waals surface area contributed by atoms with Crippen LogP contribution in [-0.2, 0) is 9.59 Å². The Bertz CT molecular complexity index is 238. The first-order valence-electron chi connectivity index (χ1n) is 7.36. The zero-order chi connectivity index (χ0) is 15.1. The molecule has 0 fully saturated rings. The summed E-state index contributed by atoms with van der Waals surface area (Å²) in [7, 11) is 0. The summed E-state index contributed by atoms with van der Waals surface area (Å²) < 4.78 is 0. The molecular weight excluding hydrogens is 299 g/mol. The normalized spacial score (nSPS) is 10.3. The van der Waals surface area contributed by atoms with Gasteiger partial charge < -0.3 is 10.6 Å². The number of carbonyl (C=O) groups is 2. The standard InChI is InChI=1S/C14H26Cl2N2O2/c15-9-5-7-13(19)17-11-3-1-2-4-12-18-14(20)8-6-10-16/h1-12H2,(H,17,19)(H,18,20). The van der Waals surface area contributed by atoms with Crippen LogP contribution in [0.1, 0.15) is 51.4 Å². The Morgan fingerprint density at radius 2 is 1.05 bits per heavy atom. The quantitative estimate of drug-likeness (QED) is 0.404. The number of nitrogens with one attached hydrogen (secondary N) is 2. The summed E-state index contributed by atoms with van der Waals surface area (Å²) >= 11 is 11.0. The Balaban J connectivity index is 3.20. The highest BCUT2D eigenvalue weighted by atomic mass is 35.5. The molecule has 0 spiro atoms. The van der Waals surface area contributed by atoms with E-state index in [-0.39, 0.29) is 11.8 Å². The van der Waals surface area contributed by atoms with Crippen LogP contribution in [0.4, 0.5) is 0 Å². The first kappa shape index (κ1) is 19.5. The minimum atomic E-state index is 0.0807. The zero-order valence-electron chi connectivity index (χ0n) is 12.1. The van der Waals surface area contributed by atoms with E-state index in [4.69, 9.17) is 23.2 Å². The van der Waals surface area contributed by atoms with E-state index < -0.39 is 0 Å². The Kier molecular flexibility index (Phi) is 14.6. The van der Waals surface area contributed by atoms with E-state index in [9.17, 15) is 9.59 Å². The summed E-state index contributed by atoms with van der Waals surface area (Å²) in [6.07, 6.45) is 6.57. The molecule has 20 heavy (non-hydrogen) atoms. The van der Waals surface area contributed by atoms with Crippen molar-refractivity contribution in [1.82, 2.24) is 10.6 Å². The van der Waals surface area contributed by atoms with Gasteiger partial charge in [-0.1, -0.05) is 12.8 Å². The second kappa shape index (κ2) is 14.9. The Morgan fingerprint density at radius 3 is 1.40 bits per heavy atom. The van der Waals surface area contributed by atoms with Gasteiger partial charge in [0.15, 0.2) is 0 Å². The molecule has 0 unspecified atom stereocenters. The molecule has 0 aliphatic carbocycles. The van der Waals surface area contributed by atoms with Crippen molar-refractivity contribution < 1.29 is 9.59 Å². The van der Waals surface area contributed by atoms with Gasteiger partial charge in [-0.25, -0.2) is 0 Å². The van der Waals surface area contributed by atoms with Crippen LogP contribution in [-0.4, -0.2) is 36.7 Å². The minimum Gasteiger partial charge on any atom is -0.356 e. The average Bonchev–Trinajstić information content (AvgIpc) is 2.45. The Labute approximate surface area is 132 Å². The van der Waals surface area contributed by atoms with Crippen LogP contribution in [0, 0.1) is 0 Å². The number of carbonyl (C=O) groups excluding carboxylic acids is 2.